The van der Waals surface area contributed by atoms with Crippen molar-refractivity contribution in [3.8, 4) is 0 Å². The Balaban J connectivity index is 1.58. The molecular formula is C24H24Cl2F5N5O. The minimum atomic E-state index is -4.27. The van der Waals surface area contributed by atoms with Gasteiger partial charge in [0.15, 0.2) is 0 Å². The highest BCUT2D eigenvalue weighted by molar-refractivity contribution is 6.34. The van der Waals surface area contributed by atoms with Gasteiger partial charge in [0.2, 0.25) is 5.95 Å². The Morgan fingerprint density at radius 2 is 1.86 bits per heavy atom. The van der Waals surface area contributed by atoms with Gasteiger partial charge in [-0.1, -0.05) is 29.3 Å². The number of halogens is 7. The summed E-state index contributed by atoms with van der Waals surface area (Å²) in [4.78, 5) is 17.7. The lowest BCUT2D eigenvalue weighted by atomic mass is 9.97. The predicted octanol–water partition coefficient (Wildman–Crippen LogP) is 6.67. The second-order valence-electron chi connectivity index (χ2n) is 9.12. The number of carbonyl (C=O) groups excluding carboxylic acids is 1. The second-order valence-corrected chi connectivity index (χ2v) is 9.94. The van der Waals surface area contributed by atoms with Gasteiger partial charge >= 0.3 is 12.1 Å². The van der Waals surface area contributed by atoms with E-state index in [0.29, 0.717) is 63.9 Å². The maximum atomic E-state index is 13.3. The molecule has 1 unspecified atom stereocenters. The summed E-state index contributed by atoms with van der Waals surface area (Å²) < 4.78 is 67.9. The first-order valence-electron chi connectivity index (χ1n) is 11.4. The van der Waals surface area contributed by atoms with Crippen LogP contribution in [0.1, 0.15) is 25.3 Å². The van der Waals surface area contributed by atoms with E-state index in [1.807, 2.05) is 0 Å². The van der Waals surface area contributed by atoms with Crippen LogP contribution in [0, 0.1) is 5.92 Å². The maximum absolute atomic E-state index is 13.3. The molecule has 1 aliphatic heterocycles. The number of fused-ring (bicyclic) bond motifs is 1. The maximum Gasteiger partial charge on any atom is 0.393 e. The molecule has 0 radical (unpaired) electrons. The normalized spacial score (nSPS) is 16.8. The van der Waals surface area contributed by atoms with Gasteiger partial charge in [-0.15, -0.1) is 0 Å². The summed E-state index contributed by atoms with van der Waals surface area (Å²) >= 11 is 12.8. The Morgan fingerprint density at radius 1 is 1.14 bits per heavy atom. The van der Waals surface area contributed by atoms with Crippen LogP contribution < -0.4 is 15.5 Å². The summed E-state index contributed by atoms with van der Waals surface area (Å²) in [7, 11) is 1.73. The highest BCUT2D eigenvalue weighted by atomic mass is 35.5. The van der Waals surface area contributed by atoms with Crippen molar-refractivity contribution in [2.24, 2.45) is 13.0 Å². The van der Waals surface area contributed by atoms with E-state index in [9.17, 15) is 26.7 Å². The van der Waals surface area contributed by atoms with Crippen molar-refractivity contribution in [1.29, 1.82) is 0 Å². The van der Waals surface area contributed by atoms with Crippen molar-refractivity contribution in [1.82, 2.24) is 14.9 Å². The minimum absolute atomic E-state index is 0.0873. The molecule has 0 bridgehead atoms. The number of nitrogens with one attached hydrogen (secondary N) is 2. The van der Waals surface area contributed by atoms with Crippen LogP contribution in [0.2, 0.25) is 10.0 Å². The molecule has 4 rings (SSSR count). The molecule has 1 amide bonds. The Labute approximate surface area is 219 Å². The Bertz CT molecular complexity index is 1320. The number of benzene rings is 2. The van der Waals surface area contributed by atoms with Crippen molar-refractivity contribution in [3.63, 3.8) is 0 Å². The molecule has 2 N–H and O–H groups in total. The SMILES string of the molecule is Cn1c(Nc2cc(CNC(=O)C(C)(F)F)ccc2Cl)nc2cc(Cl)c(N3CCCC(C(F)(F)F)C3)cc21. The van der Waals surface area contributed by atoms with Crippen molar-refractivity contribution >= 4 is 57.5 Å². The van der Waals surface area contributed by atoms with E-state index in [0.717, 1.165) is 0 Å². The number of piperidine rings is 1. The van der Waals surface area contributed by atoms with E-state index in [2.05, 4.69) is 15.6 Å². The largest absolute Gasteiger partial charge is 0.393 e. The summed E-state index contributed by atoms with van der Waals surface area (Å²) in [5, 5.41) is 5.88. The number of hydrogen-bond donors (Lipinski definition) is 2. The summed E-state index contributed by atoms with van der Waals surface area (Å²) in [6, 6.07) is 8.06. The van der Waals surface area contributed by atoms with Gasteiger partial charge in [-0.3, -0.25) is 4.79 Å². The molecule has 37 heavy (non-hydrogen) atoms. The first kappa shape index (κ1) is 27.3. The lowest BCUT2D eigenvalue weighted by Gasteiger charge is -2.35. The zero-order chi connectivity index (χ0) is 27.1. The molecule has 0 spiro atoms. The van der Waals surface area contributed by atoms with Crippen molar-refractivity contribution in [2.75, 3.05) is 23.3 Å². The van der Waals surface area contributed by atoms with Crippen LogP contribution in [-0.2, 0) is 18.4 Å². The molecule has 1 saturated heterocycles. The fourth-order valence-electron chi connectivity index (χ4n) is 4.26. The Kier molecular flexibility index (Phi) is 7.49. The number of amides is 1. The molecule has 200 valence electrons. The minimum Gasteiger partial charge on any atom is -0.370 e. The van der Waals surface area contributed by atoms with Crippen LogP contribution in [0.15, 0.2) is 30.3 Å². The van der Waals surface area contributed by atoms with Crippen LogP contribution in [0.5, 0.6) is 0 Å². The van der Waals surface area contributed by atoms with Gasteiger partial charge in [-0.05, 0) is 42.7 Å². The van der Waals surface area contributed by atoms with Gasteiger partial charge in [-0.25, -0.2) is 4.98 Å². The highest BCUT2D eigenvalue weighted by Crippen LogP contribution is 2.39. The first-order valence-corrected chi connectivity index (χ1v) is 12.2. The zero-order valence-corrected chi connectivity index (χ0v) is 21.4. The summed E-state index contributed by atoms with van der Waals surface area (Å²) in [6.07, 6.45) is -3.78. The lowest BCUT2D eigenvalue weighted by Crippen LogP contribution is -2.41. The summed E-state index contributed by atoms with van der Waals surface area (Å²) in [5.74, 6) is -5.93. The number of rotatable bonds is 6. The van der Waals surface area contributed by atoms with Crippen molar-refractivity contribution in [3.05, 3.63) is 45.9 Å². The van der Waals surface area contributed by atoms with Gasteiger partial charge in [-0.2, -0.15) is 22.0 Å². The summed E-state index contributed by atoms with van der Waals surface area (Å²) in [6.45, 7) is 0.676. The number of aryl methyl sites for hydroxylation is 1. The van der Waals surface area contributed by atoms with Gasteiger partial charge in [0.1, 0.15) is 0 Å². The van der Waals surface area contributed by atoms with E-state index in [4.69, 9.17) is 23.2 Å². The van der Waals surface area contributed by atoms with Crippen molar-refractivity contribution < 1.29 is 26.7 Å². The number of carbonyl (C=O) groups is 1. The topological polar surface area (TPSA) is 62.2 Å². The lowest BCUT2D eigenvalue weighted by molar-refractivity contribution is -0.176. The van der Waals surface area contributed by atoms with E-state index < -0.39 is 23.9 Å². The molecule has 1 fully saturated rings. The van der Waals surface area contributed by atoms with Gasteiger partial charge < -0.3 is 20.1 Å². The fraction of sp³-hybridized carbons (Fsp3) is 0.417. The van der Waals surface area contributed by atoms with Crippen LogP contribution in [0.4, 0.5) is 39.3 Å². The number of imidazole rings is 1. The molecule has 1 atom stereocenters. The number of anilines is 3. The Hall–Kier alpha value is -2.79. The molecule has 1 aromatic heterocycles. The molecule has 13 heteroatoms. The number of alkyl halides is 5. The third-order valence-corrected chi connectivity index (χ3v) is 6.94. The van der Waals surface area contributed by atoms with Crippen LogP contribution >= 0.6 is 23.2 Å². The molecule has 2 aromatic carbocycles. The Morgan fingerprint density at radius 3 is 2.54 bits per heavy atom. The zero-order valence-electron chi connectivity index (χ0n) is 19.9. The van der Waals surface area contributed by atoms with Crippen LogP contribution in [0.25, 0.3) is 11.0 Å². The van der Waals surface area contributed by atoms with E-state index in [-0.39, 0.29) is 19.5 Å². The monoisotopic (exact) mass is 563 g/mol. The number of hydrogen-bond acceptors (Lipinski definition) is 4. The molecule has 0 saturated carbocycles. The smallest absolute Gasteiger partial charge is 0.370 e. The van der Waals surface area contributed by atoms with Gasteiger partial charge in [0.25, 0.3) is 5.91 Å². The molecule has 2 heterocycles. The van der Waals surface area contributed by atoms with E-state index in [1.54, 1.807) is 46.8 Å². The number of aromatic nitrogens is 2. The second kappa shape index (κ2) is 10.2. The van der Waals surface area contributed by atoms with Crippen LogP contribution in [-0.4, -0.2) is 40.6 Å². The van der Waals surface area contributed by atoms with Crippen molar-refractivity contribution in [2.45, 2.75) is 38.4 Å². The average molecular weight is 564 g/mol. The molecule has 0 aliphatic carbocycles. The number of nitrogens with zero attached hydrogens (tertiary/aromatic N) is 3. The molecule has 3 aromatic rings. The molecule has 6 nitrogen and oxygen atoms in total. The van der Waals surface area contributed by atoms with E-state index in [1.165, 1.54) is 0 Å². The average Bonchev–Trinajstić information content (AvgIpc) is 3.11. The molecular weight excluding hydrogens is 540 g/mol. The third-order valence-electron chi connectivity index (χ3n) is 6.30. The van der Waals surface area contributed by atoms with Crippen LogP contribution in [0.3, 0.4) is 0 Å². The third kappa shape index (κ3) is 6.04. The van der Waals surface area contributed by atoms with Gasteiger partial charge in [0, 0.05) is 33.6 Å². The van der Waals surface area contributed by atoms with Gasteiger partial charge in [0.05, 0.1) is 38.4 Å². The predicted molar refractivity (Wildman–Crippen MR) is 134 cm³/mol. The summed E-state index contributed by atoms with van der Waals surface area (Å²) in [5.41, 5.74) is 2.61. The fourth-order valence-corrected chi connectivity index (χ4v) is 4.70. The first-order chi connectivity index (χ1) is 17.2. The highest BCUT2D eigenvalue weighted by Gasteiger charge is 2.42. The van der Waals surface area contributed by atoms with E-state index >= 15 is 0 Å². The standard InChI is InChI=1S/C24H24Cl2F5N5O/c1-23(27,28)21(37)32-11-13-5-6-15(25)17(8-13)33-22-34-18-9-16(26)19(10-20(18)35(22)2)36-7-3-4-14(12-36)24(29,30)31/h5-6,8-10,14H,3-4,7,11-12H2,1-2H3,(H,32,37)(H,33,34). The molecule has 1 aliphatic rings. The quantitative estimate of drug-likeness (QED) is 0.329.